The summed E-state index contributed by atoms with van der Waals surface area (Å²) in [5, 5.41) is 45.9. The Morgan fingerprint density at radius 1 is 0.985 bits per heavy atom. The number of hydrogen-bond acceptors (Lipinski definition) is 13. The lowest BCUT2D eigenvalue weighted by atomic mass is 9.55. The molecule has 2 aliphatic heterocycles. The molecule has 0 spiro atoms. The molecule has 0 saturated heterocycles. The molecule has 1 saturated carbocycles. The molecule has 0 bridgehead atoms. The van der Waals surface area contributed by atoms with Crippen LogP contribution in [0.5, 0.6) is 28.7 Å². The summed E-state index contributed by atoms with van der Waals surface area (Å²) >= 11 is 0. The fourth-order valence-corrected chi connectivity index (χ4v) is 10.0. The van der Waals surface area contributed by atoms with Gasteiger partial charge in [0.15, 0.2) is 11.5 Å². The van der Waals surface area contributed by atoms with Crippen molar-refractivity contribution in [1.29, 1.82) is 5.26 Å². The van der Waals surface area contributed by atoms with Gasteiger partial charge in [0.2, 0.25) is 12.6 Å². The van der Waals surface area contributed by atoms with E-state index in [0.717, 1.165) is 42.4 Å². The second-order valence-corrected chi connectivity index (χ2v) is 16.6. The van der Waals surface area contributed by atoms with Gasteiger partial charge in [-0.15, -0.1) is 6.58 Å². The first-order chi connectivity index (χ1) is 31.7. The van der Waals surface area contributed by atoms with Crippen LogP contribution >= 0.6 is 0 Å². The van der Waals surface area contributed by atoms with E-state index >= 15 is 4.79 Å². The molecule has 0 radical (unpaired) electrons. The Kier molecular flexibility index (Phi) is 13.8. The first-order valence-electron chi connectivity index (χ1n) is 22.0. The standard InChI is InChI=1S/C50H52N4O11/c1-3-23-63-50-46(53(49(57)34-16-13-32(29-51)14-17-34)30-33-15-19-44-45(24-33)62-31-61-44)28-42(52-60-2)40-25-35(9-4-6-21-55)39(12-5-7-22-56)47(48(40)50)41-27-38(18-20-43(41)65-50)64-37-11-8-10-36(26-37)54(58)59/h3,8,10-11,13-20,24-27,35,39,46-48,55-56H,1,4-7,9,12,21-23,28,30-31H2,2H3/t35-,39+,46-,47+,48+,50+/m0/s1. The van der Waals surface area contributed by atoms with E-state index in [0.29, 0.717) is 52.7 Å². The SMILES string of the molecule is C=CCO[C@@]12Oc3ccc(Oc4cccc([N+](=O)[O-])c4)cc3[C@H]3[C@H](CCCCO)[C@@H](CCCCO)C=C(C(=NOC)C[C@@H]1N(Cc1ccc4c(c1)OCO4)C(=O)c1ccc(C#N)cc1)[C@H]32. The number of non-ortho nitro benzene ring substituents is 1. The first kappa shape index (κ1) is 44.9. The smallest absolute Gasteiger partial charge is 0.273 e. The van der Waals surface area contributed by atoms with Gasteiger partial charge in [0, 0.05) is 49.3 Å². The Balaban J connectivity index is 1.34. The minimum absolute atomic E-state index is 0.00971. The Morgan fingerprint density at radius 2 is 1.74 bits per heavy atom. The lowest BCUT2D eigenvalue weighted by molar-refractivity contribution is -0.384. The molecule has 65 heavy (non-hydrogen) atoms. The number of ether oxygens (including phenoxy) is 5. The number of nitrogens with zero attached hydrogens (tertiary/aromatic N) is 4. The molecule has 0 unspecified atom stereocenters. The minimum Gasteiger partial charge on any atom is -0.459 e. The predicted molar refractivity (Wildman–Crippen MR) is 239 cm³/mol. The molecule has 1 amide bonds. The van der Waals surface area contributed by atoms with E-state index in [2.05, 4.69) is 23.9 Å². The van der Waals surface area contributed by atoms with Crippen molar-refractivity contribution in [3.63, 3.8) is 0 Å². The maximum absolute atomic E-state index is 15.3. The summed E-state index contributed by atoms with van der Waals surface area (Å²) in [5.74, 6) is -0.533. The molecule has 6 atom stereocenters. The van der Waals surface area contributed by atoms with Crippen LogP contribution in [0.1, 0.15) is 77.9 Å². The molecular weight excluding hydrogens is 833 g/mol. The number of hydrogen-bond donors (Lipinski definition) is 2. The molecule has 338 valence electrons. The van der Waals surface area contributed by atoms with Crippen molar-refractivity contribution >= 4 is 17.3 Å². The lowest BCUT2D eigenvalue weighted by Gasteiger charge is -2.60. The van der Waals surface area contributed by atoms with Gasteiger partial charge in [0.25, 0.3) is 11.6 Å². The van der Waals surface area contributed by atoms with E-state index in [4.69, 9.17) is 28.5 Å². The number of unbranched alkanes of at least 4 members (excludes halogenated alkanes) is 2. The summed E-state index contributed by atoms with van der Waals surface area (Å²) in [6.07, 6.45) is 8.24. The van der Waals surface area contributed by atoms with Crippen molar-refractivity contribution < 1.29 is 48.5 Å². The highest BCUT2D eigenvalue weighted by Gasteiger charge is 2.65. The van der Waals surface area contributed by atoms with Gasteiger partial charge < -0.3 is 43.6 Å². The highest BCUT2D eigenvalue weighted by atomic mass is 16.7. The third kappa shape index (κ3) is 9.15. The fourth-order valence-electron chi connectivity index (χ4n) is 10.0. The summed E-state index contributed by atoms with van der Waals surface area (Å²) in [7, 11) is 1.49. The normalized spacial score (nSPS) is 23.0. The number of nitriles is 1. The number of amides is 1. The highest BCUT2D eigenvalue weighted by molar-refractivity contribution is 6.03. The molecule has 15 nitrogen and oxygen atoms in total. The van der Waals surface area contributed by atoms with Crippen LogP contribution in [0.3, 0.4) is 0 Å². The van der Waals surface area contributed by atoms with Crippen LogP contribution in [0, 0.1) is 39.2 Å². The van der Waals surface area contributed by atoms with Crippen molar-refractivity contribution in [3.8, 4) is 34.8 Å². The molecular formula is C50H52N4O11. The molecule has 4 aromatic rings. The zero-order chi connectivity index (χ0) is 45.5. The number of nitro groups is 1. The van der Waals surface area contributed by atoms with Crippen LogP contribution in [0.25, 0.3) is 0 Å². The molecule has 4 aliphatic rings. The first-order valence-corrected chi connectivity index (χ1v) is 22.0. The number of oxime groups is 1. The number of allylic oxidation sites excluding steroid dienone is 1. The molecule has 15 heteroatoms. The van der Waals surface area contributed by atoms with E-state index < -0.39 is 22.7 Å². The molecule has 2 N–H and O–H groups in total. The summed E-state index contributed by atoms with van der Waals surface area (Å²) in [6, 6.07) is 24.8. The number of aliphatic hydroxyl groups excluding tert-OH is 2. The van der Waals surface area contributed by atoms with Crippen molar-refractivity contribution in [1.82, 2.24) is 4.90 Å². The number of benzene rings is 4. The number of aliphatic hydroxyl groups is 2. The molecule has 2 heterocycles. The van der Waals surface area contributed by atoms with E-state index in [9.17, 15) is 25.6 Å². The largest absolute Gasteiger partial charge is 0.459 e. The topological polar surface area (TPSA) is 195 Å². The predicted octanol–water partition coefficient (Wildman–Crippen LogP) is 8.59. The summed E-state index contributed by atoms with van der Waals surface area (Å²) < 4.78 is 32.2. The van der Waals surface area contributed by atoms with Crippen LogP contribution in [-0.4, -0.2) is 77.2 Å². The van der Waals surface area contributed by atoms with Gasteiger partial charge >= 0.3 is 0 Å². The number of carbonyl (C=O) groups excluding carboxylic acids is 1. The number of carbonyl (C=O) groups is 1. The van der Waals surface area contributed by atoms with Gasteiger partial charge in [-0.2, -0.15) is 5.26 Å². The van der Waals surface area contributed by atoms with Gasteiger partial charge in [-0.25, -0.2) is 0 Å². The average Bonchev–Trinajstić information content (AvgIpc) is 3.80. The number of nitro benzene ring substituents is 1. The lowest BCUT2D eigenvalue weighted by Crippen LogP contribution is -2.70. The Bertz CT molecular complexity index is 2500. The van der Waals surface area contributed by atoms with Crippen LogP contribution < -0.4 is 18.9 Å². The van der Waals surface area contributed by atoms with Gasteiger partial charge in [0.05, 0.1) is 40.9 Å². The molecule has 2 aliphatic carbocycles. The number of rotatable bonds is 19. The second-order valence-electron chi connectivity index (χ2n) is 16.6. The van der Waals surface area contributed by atoms with Crippen LogP contribution in [0.4, 0.5) is 5.69 Å². The fraction of sp³-hybridized carbons (Fsp3) is 0.380. The number of fused-ring (bicyclic) bond motifs is 3. The second kappa shape index (κ2) is 20.0. The van der Waals surface area contributed by atoms with Gasteiger partial charge in [-0.1, -0.05) is 42.3 Å². The maximum atomic E-state index is 15.3. The van der Waals surface area contributed by atoms with Crippen LogP contribution in [-0.2, 0) is 16.1 Å². The molecule has 1 fully saturated rings. The van der Waals surface area contributed by atoms with E-state index in [1.54, 1.807) is 53.4 Å². The van der Waals surface area contributed by atoms with E-state index in [-0.39, 0.29) is 74.7 Å². The quantitative estimate of drug-likeness (QED) is 0.0395. The third-order valence-corrected chi connectivity index (χ3v) is 12.8. The average molecular weight is 885 g/mol. The zero-order valence-corrected chi connectivity index (χ0v) is 36.2. The van der Waals surface area contributed by atoms with Gasteiger partial charge in [0.1, 0.15) is 30.4 Å². The third-order valence-electron chi connectivity index (χ3n) is 12.8. The van der Waals surface area contributed by atoms with Gasteiger partial charge in [-0.3, -0.25) is 14.9 Å². The monoisotopic (exact) mass is 884 g/mol. The summed E-state index contributed by atoms with van der Waals surface area (Å²) in [5.41, 5.74) is 3.69. The van der Waals surface area contributed by atoms with Crippen molar-refractivity contribution in [2.45, 2.75) is 69.2 Å². The van der Waals surface area contributed by atoms with Crippen molar-refractivity contribution in [2.75, 3.05) is 33.7 Å². The van der Waals surface area contributed by atoms with E-state index in [1.165, 1.54) is 19.2 Å². The van der Waals surface area contributed by atoms with Crippen molar-refractivity contribution in [2.24, 2.45) is 22.9 Å². The minimum atomic E-state index is -1.56. The molecule has 4 aromatic carbocycles. The Labute approximate surface area is 377 Å². The molecule has 0 aromatic heterocycles. The summed E-state index contributed by atoms with van der Waals surface area (Å²) in [4.78, 5) is 33.9. The Morgan fingerprint density at radius 3 is 2.48 bits per heavy atom. The van der Waals surface area contributed by atoms with Crippen LogP contribution in [0.2, 0.25) is 0 Å². The van der Waals surface area contributed by atoms with Gasteiger partial charge in [-0.05, 0) is 109 Å². The Hall–Kier alpha value is -6.73. The maximum Gasteiger partial charge on any atom is 0.273 e. The zero-order valence-electron chi connectivity index (χ0n) is 36.2. The molecule has 8 rings (SSSR count). The summed E-state index contributed by atoms with van der Waals surface area (Å²) in [6.45, 7) is 4.34. The van der Waals surface area contributed by atoms with E-state index in [1.807, 2.05) is 30.3 Å². The highest BCUT2D eigenvalue weighted by Crippen LogP contribution is 2.62. The van der Waals surface area contributed by atoms with Crippen molar-refractivity contribution in [3.05, 3.63) is 142 Å². The van der Waals surface area contributed by atoms with Crippen LogP contribution in [0.15, 0.2) is 114 Å².